The Bertz CT molecular complexity index is 707. The number of fused-ring (bicyclic) bond motifs is 1. The Kier molecular flexibility index (Phi) is 5.02. The Hall–Kier alpha value is -1.39. The summed E-state index contributed by atoms with van der Waals surface area (Å²) >= 11 is 3.81. The third-order valence-corrected chi connectivity index (χ3v) is 6.91. The molecule has 0 saturated heterocycles. The van der Waals surface area contributed by atoms with Crippen molar-refractivity contribution in [2.24, 2.45) is 0 Å². The van der Waals surface area contributed by atoms with Crippen molar-refractivity contribution in [2.45, 2.75) is 36.9 Å². The monoisotopic (exact) mass is 344 g/mol. The molecular formula is C19H20O2S2. The first-order valence-electron chi connectivity index (χ1n) is 7.64. The summed E-state index contributed by atoms with van der Waals surface area (Å²) in [6, 6.07) is 12.5. The molecule has 0 saturated carbocycles. The van der Waals surface area contributed by atoms with Gasteiger partial charge in [0.05, 0.1) is 4.58 Å². The molecule has 1 aliphatic rings. The summed E-state index contributed by atoms with van der Waals surface area (Å²) in [6.07, 6.45) is 0. The van der Waals surface area contributed by atoms with E-state index in [4.69, 9.17) is 4.74 Å². The van der Waals surface area contributed by atoms with Crippen LogP contribution >= 0.6 is 23.5 Å². The van der Waals surface area contributed by atoms with Gasteiger partial charge in [0.2, 0.25) is 0 Å². The lowest BCUT2D eigenvalue weighted by atomic mass is 10.0. The van der Waals surface area contributed by atoms with Crippen molar-refractivity contribution in [1.82, 2.24) is 0 Å². The van der Waals surface area contributed by atoms with Crippen LogP contribution in [0.3, 0.4) is 0 Å². The van der Waals surface area contributed by atoms with E-state index in [1.165, 1.54) is 29.2 Å². The van der Waals surface area contributed by atoms with Gasteiger partial charge in [-0.25, -0.2) is 0 Å². The molecule has 0 atom stereocenters. The fourth-order valence-electron chi connectivity index (χ4n) is 2.69. The Morgan fingerprint density at radius 3 is 2.17 bits per heavy atom. The molecule has 1 heterocycles. The minimum absolute atomic E-state index is 0.268. The van der Waals surface area contributed by atoms with Crippen molar-refractivity contribution in [2.75, 3.05) is 0 Å². The molecule has 0 amide bonds. The number of thioether (sulfide) groups is 2. The van der Waals surface area contributed by atoms with E-state index >= 15 is 0 Å². The van der Waals surface area contributed by atoms with Gasteiger partial charge >= 0.3 is 5.97 Å². The van der Waals surface area contributed by atoms with Gasteiger partial charge in [-0.05, 0) is 42.2 Å². The van der Waals surface area contributed by atoms with Gasteiger partial charge in [-0.15, -0.1) is 23.5 Å². The summed E-state index contributed by atoms with van der Waals surface area (Å²) in [6.45, 7) is 5.79. The van der Waals surface area contributed by atoms with Crippen molar-refractivity contribution < 1.29 is 9.53 Å². The zero-order valence-electron chi connectivity index (χ0n) is 13.6. The lowest BCUT2D eigenvalue weighted by Crippen LogP contribution is -2.04. The number of ether oxygens (including phenoxy) is 1. The second-order valence-electron chi connectivity index (χ2n) is 5.79. The fraction of sp³-hybridized carbons (Fsp3) is 0.316. The van der Waals surface area contributed by atoms with Crippen LogP contribution in [-0.4, -0.2) is 5.97 Å². The molecule has 0 N–H and O–H groups in total. The standard InChI is InChI=1S/C19H20O2S2/c1-12-8-15-10-22-19(23-11-16(15)9-13(12)2)17-6-4-5-7-18(17)21-14(3)20/h4-9,19H,10-11H2,1-3H3. The van der Waals surface area contributed by atoms with Gasteiger partial charge in [0, 0.05) is 24.0 Å². The first kappa shape index (κ1) is 16.5. The van der Waals surface area contributed by atoms with Crippen LogP contribution in [0.2, 0.25) is 0 Å². The van der Waals surface area contributed by atoms with E-state index in [-0.39, 0.29) is 10.6 Å². The zero-order valence-corrected chi connectivity index (χ0v) is 15.2. The molecule has 1 aliphatic heterocycles. The van der Waals surface area contributed by atoms with E-state index in [1.54, 1.807) is 0 Å². The van der Waals surface area contributed by atoms with Crippen LogP contribution in [0.1, 0.15) is 39.3 Å². The molecule has 4 heteroatoms. The van der Waals surface area contributed by atoms with Crippen LogP contribution < -0.4 is 4.74 Å². The van der Waals surface area contributed by atoms with Crippen molar-refractivity contribution >= 4 is 29.5 Å². The van der Waals surface area contributed by atoms with Crippen molar-refractivity contribution in [3.8, 4) is 5.75 Å². The van der Waals surface area contributed by atoms with Crippen molar-refractivity contribution in [1.29, 1.82) is 0 Å². The van der Waals surface area contributed by atoms with Gasteiger partial charge in [0.25, 0.3) is 0 Å². The number of rotatable bonds is 2. The highest BCUT2D eigenvalue weighted by Crippen LogP contribution is 2.48. The smallest absolute Gasteiger partial charge is 0.308 e. The molecule has 0 unspecified atom stereocenters. The van der Waals surface area contributed by atoms with E-state index in [9.17, 15) is 4.79 Å². The summed E-state index contributed by atoms with van der Waals surface area (Å²) in [7, 11) is 0. The molecule has 3 rings (SSSR count). The van der Waals surface area contributed by atoms with Crippen molar-refractivity contribution in [3.63, 3.8) is 0 Å². The number of carbonyl (C=O) groups excluding carboxylic acids is 1. The van der Waals surface area contributed by atoms with Crippen LogP contribution in [0.15, 0.2) is 36.4 Å². The highest BCUT2D eigenvalue weighted by molar-refractivity contribution is 8.15. The zero-order chi connectivity index (χ0) is 16.4. The maximum Gasteiger partial charge on any atom is 0.308 e. The van der Waals surface area contributed by atoms with E-state index in [0.717, 1.165) is 17.1 Å². The van der Waals surface area contributed by atoms with Gasteiger partial charge in [-0.3, -0.25) is 4.79 Å². The number of benzene rings is 2. The van der Waals surface area contributed by atoms with Crippen LogP contribution in [0.5, 0.6) is 5.75 Å². The number of aryl methyl sites for hydroxylation is 2. The first-order chi connectivity index (χ1) is 11.0. The highest BCUT2D eigenvalue weighted by atomic mass is 32.2. The van der Waals surface area contributed by atoms with Crippen LogP contribution in [0, 0.1) is 13.8 Å². The molecule has 2 aromatic carbocycles. The Balaban J connectivity index is 1.86. The minimum Gasteiger partial charge on any atom is -0.426 e. The molecule has 2 nitrogen and oxygen atoms in total. The summed E-state index contributed by atoms with van der Waals surface area (Å²) in [5, 5.41) is 0. The van der Waals surface area contributed by atoms with Crippen LogP contribution in [0.4, 0.5) is 0 Å². The average molecular weight is 345 g/mol. The second-order valence-corrected chi connectivity index (χ2v) is 8.28. The quantitative estimate of drug-likeness (QED) is 0.538. The van der Waals surface area contributed by atoms with E-state index < -0.39 is 0 Å². The highest BCUT2D eigenvalue weighted by Gasteiger charge is 2.22. The molecule has 0 aromatic heterocycles. The molecule has 2 aromatic rings. The lowest BCUT2D eigenvalue weighted by Gasteiger charge is -2.16. The first-order valence-corrected chi connectivity index (χ1v) is 9.74. The summed E-state index contributed by atoms with van der Waals surface area (Å²) < 4.78 is 5.67. The Morgan fingerprint density at radius 1 is 1.04 bits per heavy atom. The predicted octanol–water partition coefficient (Wildman–Crippen LogP) is 5.41. The maximum atomic E-state index is 11.3. The van der Waals surface area contributed by atoms with Gasteiger partial charge in [-0.2, -0.15) is 0 Å². The third-order valence-electron chi connectivity index (χ3n) is 4.02. The van der Waals surface area contributed by atoms with E-state index in [0.29, 0.717) is 5.75 Å². The van der Waals surface area contributed by atoms with Gasteiger partial charge in [0.15, 0.2) is 0 Å². The summed E-state index contributed by atoms with van der Waals surface area (Å²) in [5.74, 6) is 2.39. The molecule has 0 aliphatic carbocycles. The lowest BCUT2D eigenvalue weighted by molar-refractivity contribution is -0.131. The summed E-state index contributed by atoms with van der Waals surface area (Å²) in [4.78, 5) is 11.3. The maximum absolute atomic E-state index is 11.3. The Labute approximate surface area is 146 Å². The minimum atomic E-state index is -0.268. The average Bonchev–Trinajstić information content (AvgIpc) is 2.70. The Morgan fingerprint density at radius 2 is 1.61 bits per heavy atom. The van der Waals surface area contributed by atoms with E-state index in [2.05, 4.69) is 32.0 Å². The molecule has 0 bridgehead atoms. The third kappa shape index (κ3) is 3.75. The van der Waals surface area contributed by atoms with Gasteiger partial charge in [0.1, 0.15) is 5.75 Å². The van der Waals surface area contributed by atoms with Crippen LogP contribution in [-0.2, 0) is 16.3 Å². The number of hydrogen-bond donors (Lipinski definition) is 0. The van der Waals surface area contributed by atoms with Crippen molar-refractivity contribution in [3.05, 3.63) is 64.2 Å². The second kappa shape index (κ2) is 7.02. The predicted molar refractivity (Wildman–Crippen MR) is 99.0 cm³/mol. The largest absolute Gasteiger partial charge is 0.426 e. The number of para-hydroxylation sites is 1. The topological polar surface area (TPSA) is 26.3 Å². The fourth-order valence-corrected chi connectivity index (χ4v) is 5.43. The SMILES string of the molecule is CC(=O)Oc1ccccc1C1SCc2cc(C)c(C)cc2CS1. The number of hydrogen-bond acceptors (Lipinski definition) is 4. The molecule has 0 fully saturated rings. The molecule has 120 valence electrons. The molecule has 0 radical (unpaired) electrons. The van der Waals surface area contributed by atoms with Crippen LogP contribution in [0.25, 0.3) is 0 Å². The molecule has 0 spiro atoms. The van der Waals surface area contributed by atoms with Gasteiger partial charge in [-0.1, -0.05) is 30.3 Å². The summed E-state index contributed by atoms with van der Waals surface area (Å²) in [5.41, 5.74) is 6.66. The molecular weight excluding hydrogens is 324 g/mol. The number of carbonyl (C=O) groups is 1. The normalized spacial score (nSPS) is 14.9. The van der Waals surface area contributed by atoms with Gasteiger partial charge < -0.3 is 4.74 Å². The molecule has 23 heavy (non-hydrogen) atoms. The number of esters is 1. The van der Waals surface area contributed by atoms with E-state index in [1.807, 2.05) is 41.7 Å².